The van der Waals surface area contributed by atoms with Crippen molar-refractivity contribution < 1.29 is 0 Å². The van der Waals surface area contributed by atoms with Crippen LogP contribution in [-0.4, -0.2) is 17.0 Å². The largest absolute Gasteiger partial charge is 0.271 e. The van der Waals surface area contributed by atoms with Crippen LogP contribution >= 0.6 is 11.8 Å². The van der Waals surface area contributed by atoms with Gasteiger partial charge in [-0.2, -0.15) is 11.8 Å². The number of hydrazine groups is 1. The van der Waals surface area contributed by atoms with Crippen LogP contribution in [0.25, 0.3) is 0 Å². The fourth-order valence-corrected chi connectivity index (χ4v) is 3.62. The quantitative estimate of drug-likeness (QED) is 0.529. The Bertz CT molecular complexity index is 142. The van der Waals surface area contributed by atoms with Gasteiger partial charge in [-0.15, -0.1) is 0 Å². The van der Waals surface area contributed by atoms with Crippen LogP contribution in [0.5, 0.6) is 0 Å². The van der Waals surface area contributed by atoms with Gasteiger partial charge in [-0.1, -0.05) is 26.7 Å². The van der Waals surface area contributed by atoms with Crippen molar-refractivity contribution in [3.05, 3.63) is 0 Å². The maximum absolute atomic E-state index is 5.65. The van der Waals surface area contributed by atoms with E-state index in [9.17, 15) is 0 Å². The van der Waals surface area contributed by atoms with E-state index in [4.69, 9.17) is 5.84 Å². The van der Waals surface area contributed by atoms with Gasteiger partial charge in [0.25, 0.3) is 0 Å². The molecule has 0 spiro atoms. The van der Waals surface area contributed by atoms with E-state index in [1.54, 1.807) is 0 Å². The molecule has 0 aromatic rings. The number of nitrogens with two attached hydrogens (primary N) is 1. The molecule has 1 heterocycles. The molecule has 2 atom stereocenters. The minimum atomic E-state index is 0.535. The Morgan fingerprint density at radius 1 is 1.43 bits per heavy atom. The lowest BCUT2D eigenvalue weighted by Crippen LogP contribution is -2.43. The Kier molecular flexibility index (Phi) is 5.90. The third kappa shape index (κ3) is 3.44. The highest BCUT2D eigenvalue weighted by atomic mass is 32.2. The lowest BCUT2D eigenvalue weighted by atomic mass is 9.92. The zero-order valence-electron chi connectivity index (χ0n) is 9.46. The lowest BCUT2D eigenvalue weighted by Gasteiger charge is -2.25. The summed E-state index contributed by atoms with van der Waals surface area (Å²) in [6, 6.07) is 0.535. The molecule has 2 nitrogen and oxygen atoms in total. The monoisotopic (exact) mass is 216 g/mol. The second kappa shape index (κ2) is 6.70. The van der Waals surface area contributed by atoms with Crippen molar-refractivity contribution >= 4 is 11.8 Å². The first-order chi connectivity index (χ1) is 6.81. The molecule has 1 aliphatic heterocycles. The first-order valence-corrected chi connectivity index (χ1v) is 6.94. The topological polar surface area (TPSA) is 38.0 Å². The molecule has 0 aromatic heterocycles. The fraction of sp³-hybridized carbons (Fsp3) is 1.00. The number of hydrogen-bond donors (Lipinski definition) is 2. The molecule has 84 valence electrons. The van der Waals surface area contributed by atoms with Crippen molar-refractivity contribution in [1.82, 2.24) is 5.43 Å². The van der Waals surface area contributed by atoms with Gasteiger partial charge in [0.2, 0.25) is 0 Å². The average Bonchev–Trinajstić information content (AvgIpc) is 2.73. The number of nitrogens with one attached hydrogen (secondary N) is 1. The van der Waals surface area contributed by atoms with Crippen LogP contribution in [0.1, 0.15) is 46.0 Å². The van der Waals surface area contributed by atoms with Gasteiger partial charge in [0, 0.05) is 11.3 Å². The van der Waals surface area contributed by atoms with Crippen LogP contribution in [0.2, 0.25) is 0 Å². The number of thioether (sulfide) groups is 1. The summed E-state index contributed by atoms with van der Waals surface area (Å²) in [5.41, 5.74) is 3.02. The van der Waals surface area contributed by atoms with Gasteiger partial charge in [-0.25, -0.2) is 0 Å². The lowest BCUT2D eigenvalue weighted by molar-refractivity contribution is 0.359. The molecule has 0 aromatic carbocycles. The summed E-state index contributed by atoms with van der Waals surface area (Å²) < 4.78 is 0. The van der Waals surface area contributed by atoms with Crippen molar-refractivity contribution in [2.45, 2.75) is 57.2 Å². The maximum atomic E-state index is 5.65. The molecular weight excluding hydrogens is 192 g/mol. The third-order valence-corrected chi connectivity index (χ3v) is 4.89. The maximum Gasteiger partial charge on any atom is 0.0332 e. The van der Waals surface area contributed by atoms with Crippen molar-refractivity contribution in [3.63, 3.8) is 0 Å². The van der Waals surface area contributed by atoms with E-state index in [0.29, 0.717) is 6.04 Å². The molecule has 14 heavy (non-hydrogen) atoms. The normalized spacial score (nSPS) is 24.4. The summed E-state index contributed by atoms with van der Waals surface area (Å²) in [7, 11) is 0. The Morgan fingerprint density at radius 2 is 2.14 bits per heavy atom. The zero-order valence-corrected chi connectivity index (χ0v) is 10.3. The predicted octanol–water partition coefficient (Wildman–Crippen LogP) is 2.54. The van der Waals surface area contributed by atoms with Crippen molar-refractivity contribution in [1.29, 1.82) is 0 Å². The van der Waals surface area contributed by atoms with Crippen molar-refractivity contribution in [3.8, 4) is 0 Å². The van der Waals surface area contributed by atoms with Gasteiger partial charge in [0.15, 0.2) is 0 Å². The summed E-state index contributed by atoms with van der Waals surface area (Å²) in [5.74, 6) is 7.82. The van der Waals surface area contributed by atoms with Crippen LogP contribution in [0, 0.1) is 5.92 Å². The van der Waals surface area contributed by atoms with Gasteiger partial charge in [-0.3, -0.25) is 11.3 Å². The second-order valence-corrected chi connectivity index (χ2v) is 5.59. The Hall–Kier alpha value is 0.270. The van der Waals surface area contributed by atoms with Gasteiger partial charge in [0.1, 0.15) is 0 Å². The molecule has 0 radical (unpaired) electrons. The minimum absolute atomic E-state index is 0.535. The molecule has 0 amide bonds. The van der Waals surface area contributed by atoms with E-state index in [-0.39, 0.29) is 0 Å². The fourth-order valence-electron chi connectivity index (χ4n) is 2.23. The summed E-state index contributed by atoms with van der Waals surface area (Å²) in [5, 5.41) is 0.764. The van der Waals surface area contributed by atoms with Crippen molar-refractivity contribution in [2.75, 3.05) is 5.75 Å². The number of rotatable bonds is 6. The molecule has 3 N–H and O–H groups in total. The van der Waals surface area contributed by atoms with Crippen LogP contribution in [-0.2, 0) is 0 Å². The first kappa shape index (κ1) is 12.3. The van der Waals surface area contributed by atoms with Crippen LogP contribution in [0.3, 0.4) is 0 Å². The summed E-state index contributed by atoms with van der Waals surface area (Å²) in [6.07, 6.45) is 6.54. The highest BCUT2D eigenvalue weighted by molar-refractivity contribution is 8.00. The Balaban J connectivity index is 2.36. The van der Waals surface area contributed by atoms with Gasteiger partial charge < -0.3 is 0 Å². The van der Waals surface area contributed by atoms with Crippen LogP contribution in [0.4, 0.5) is 0 Å². The predicted molar refractivity (Wildman–Crippen MR) is 65.3 cm³/mol. The molecule has 1 fully saturated rings. The highest BCUT2D eigenvalue weighted by Gasteiger charge is 2.26. The van der Waals surface area contributed by atoms with E-state index < -0.39 is 0 Å². The number of hydrogen-bond acceptors (Lipinski definition) is 3. The summed E-state index contributed by atoms with van der Waals surface area (Å²) in [4.78, 5) is 0. The van der Waals surface area contributed by atoms with E-state index in [0.717, 1.165) is 11.2 Å². The average molecular weight is 216 g/mol. The third-order valence-electron chi connectivity index (χ3n) is 3.37. The molecular formula is C11H24N2S. The van der Waals surface area contributed by atoms with E-state index >= 15 is 0 Å². The smallest absolute Gasteiger partial charge is 0.0332 e. The molecule has 0 bridgehead atoms. The van der Waals surface area contributed by atoms with Gasteiger partial charge in [-0.05, 0) is 30.9 Å². The molecule has 1 rings (SSSR count). The molecule has 0 saturated carbocycles. The molecule has 1 aliphatic rings. The summed E-state index contributed by atoms with van der Waals surface area (Å²) in [6.45, 7) is 4.56. The van der Waals surface area contributed by atoms with E-state index in [2.05, 4.69) is 31.0 Å². The highest BCUT2D eigenvalue weighted by Crippen LogP contribution is 2.31. The van der Waals surface area contributed by atoms with Gasteiger partial charge in [0.05, 0.1) is 0 Å². The Labute approximate surface area is 92.4 Å². The standard InChI is InChI=1S/C11H24N2S/c1-3-9(4-2)8-10(13-12)11-6-5-7-14-11/h9-11,13H,3-8,12H2,1-2H3. The SMILES string of the molecule is CCC(CC)CC(NN)C1CCCS1. The molecule has 2 unspecified atom stereocenters. The van der Waals surface area contributed by atoms with Crippen molar-refractivity contribution in [2.24, 2.45) is 11.8 Å². The summed E-state index contributed by atoms with van der Waals surface area (Å²) >= 11 is 2.10. The second-order valence-electron chi connectivity index (χ2n) is 4.24. The van der Waals surface area contributed by atoms with Crippen LogP contribution < -0.4 is 11.3 Å². The van der Waals surface area contributed by atoms with E-state index in [1.165, 1.54) is 37.9 Å². The first-order valence-electron chi connectivity index (χ1n) is 5.89. The Morgan fingerprint density at radius 3 is 2.57 bits per heavy atom. The van der Waals surface area contributed by atoms with E-state index in [1.807, 2.05) is 0 Å². The molecule has 0 aliphatic carbocycles. The minimum Gasteiger partial charge on any atom is -0.271 e. The van der Waals surface area contributed by atoms with Gasteiger partial charge >= 0.3 is 0 Å². The molecule has 3 heteroatoms. The molecule has 1 saturated heterocycles. The van der Waals surface area contributed by atoms with Crippen LogP contribution in [0.15, 0.2) is 0 Å². The zero-order chi connectivity index (χ0) is 10.4.